The second kappa shape index (κ2) is 5.80. The van der Waals surface area contributed by atoms with Crippen LogP contribution < -0.4 is 5.32 Å². The number of carboxylic acid groups (broad SMARTS) is 1. The van der Waals surface area contributed by atoms with Gasteiger partial charge in [0.15, 0.2) is 0 Å². The second-order valence-corrected chi connectivity index (χ2v) is 6.58. The molecule has 2 N–H and O–H groups in total. The highest BCUT2D eigenvalue weighted by Crippen LogP contribution is 2.35. The topological polar surface area (TPSA) is 52.6 Å². The zero-order valence-corrected chi connectivity index (χ0v) is 11.7. The normalized spacial score (nSPS) is 30.8. The molecule has 3 aliphatic rings. The van der Waals surface area contributed by atoms with Gasteiger partial charge in [0.2, 0.25) is 0 Å². The fourth-order valence-corrected chi connectivity index (χ4v) is 3.93. The van der Waals surface area contributed by atoms with E-state index in [9.17, 15) is 9.90 Å². The molecule has 0 aromatic carbocycles. The first-order valence-electron chi connectivity index (χ1n) is 7.97. The molecule has 4 nitrogen and oxygen atoms in total. The van der Waals surface area contributed by atoms with Crippen LogP contribution in [0, 0.1) is 5.92 Å². The van der Waals surface area contributed by atoms with Gasteiger partial charge in [-0.25, -0.2) is 0 Å². The van der Waals surface area contributed by atoms with E-state index in [4.69, 9.17) is 0 Å². The number of hydrogen-bond donors (Lipinski definition) is 2. The monoisotopic (exact) mass is 266 g/mol. The molecule has 0 radical (unpaired) electrons. The Morgan fingerprint density at radius 3 is 2.53 bits per heavy atom. The zero-order chi connectivity index (χ0) is 13.2. The lowest BCUT2D eigenvalue weighted by atomic mass is 9.96. The minimum absolute atomic E-state index is 0.366. The van der Waals surface area contributed by atoms with Gasteiger partial charge in [-0.15, -0.1) is 0 Å². The molecule has 2 aliphatic carbocycles. The Kier molecular flexibility index (Phi) is 4.08. The Morgan fingerprint density at radius 2 is 1.89 bits per heavy atom. The predicted octanol–water partition coefficient (Wildman–Crippen LogP) is 1.85. The van der Waals surface area contributed by atoms with Crippen LogP contribution in [0.5, 0.6) is 0 Å². The molecular formula is C15H26N2O2. The fraction of sp³-hybridized carbons (Fsp3) is 0.933. The molecule has 3 fully saturated rings. The number of hydrogen-bond acceptors (Lipinski definition) is 3. The van der Waals surface area contributed by atoms with Crippen LogP contribution >= 0.6 is 0 Å². The Hall–Kier alpha value is -0.610. The number of carboxylic acids is 1. The summed E-state index contributed by atoms with van der Waals surface area (Å²) in [6, 6.07) is 0.758. The van der Waals surface area contributed by atoms with E-state index in [-0.39, 0.29) is 6.04 Å². The molecule has 2 atom stereocenters. The van der Waals surface area contributed by atoms with Crippen molar-refractivity contribution < 1.29 is 9.90 Å². The highest BCUT2D eigenvalue weighted by atomic mass is 16.4. The van der Waals surface area contributed by atoms with Gasteiger partial charge in [0, 0.05) is 18.6 Å². The molecule has 3 rings (SSSR count). The Balaban J connectivity index is 1.57. The van der Waals surface area contributed by atoms with Gasteiger partial charge in [-0.3, -0.25) is 9.69 Å². The molecular weight excluding hydrogens is 240 g/mol. The van der Waals surface area contributed by atoms with Crippen molar-refractivity contribution in [3.63, 3.8) is 0 Å². The average molecular weight is 266 g/mol. The Bertz CT molecular complexity index is 324. The van der Waals surface area contributed by atoms with Gasteiger partial charge in [-0.2, -0.15) is 0 Å². The molecule has 108 valence electrons. The summed E-state index contributed by atoms with van der Waals surface area (Å²) >= 11 is 0. The van der Waals surface area contributed by atoms with E-state index >= 15 is 0 Å². The smallest absolute Gasteiger partial charge is 0.322 e. The standard InChI is InChI=1S/C15H26N2O2/c18-15(19)13(16-12-7-8-12)10-17-9-3-6-14(17)11-4-1-2-5-11/h11-14,16H,1-10H2,(H,18,19). The second-order valence-electron chi connectivity index (χ2n) is 6.58. The van der Waals surface area contributed by atoms with Gasteiger partial charge < -0.3 is 10.4 Å². The van der Waals surface area contributed by atoms with Crippen LogP contribution in [0.3, 0.4) is 0 Å². The molecule has 1 aliphatic heterocycles. The van der Waals surface area contributed by atoms with Crippen molar-refractivity contribution in [3.8, 4) is 0 Å². The number of likely N-dealkylation sites (tertiary alicyclic amines) is 1. The number of nitrogens with zero attached hydrogens (tertiary/aromatic N) is 1. The number of aliphatic carboxylic acids is 1. The van der Waals surface area contributed by atoms with Gasteiger partial charge in [-0.1, -0.05) is 12.8 Å². The van der Waals surface area contributed by atoms with Crippen LogP contribution in [-0.2, 0) is 4.79 Å². The van der Waals surface area contributed by atoms with Crippen LogP contribution in [0.4, 0.5) is 0 Å². The fourth-order valence-electron chi connectivity index (χ4n) is 3.93. The summed E-state index contributed by atoms with van der Waals surface area (Å²) in [7, 11) is 0. The van der Waals surface area contributed by atoms with Gasteiger partial charge >= 0.3 is 5.97 Å². The zero-order valence-electron chi connectivity index (χ0n) is 11.7. The lowest BCUT2D eigenvalue weighted by Crippen LogP contribution is -2.49. The van der Waals surface area contributed by atoms with Crippen LogP contribution in [-0.4, -0.2) is 47.2 Å². The summed E-state index contributed by atoms with van der Waals surface area (Å²) in [5.41, 5.74) is 0. The van der Waals surface area contributed by atoms with Crippen molar-refractivity contribution in [2.75, 3.05) is 13.1 Å². The minimum Gasteiger partial charge on any atom is -0.480 e. The predicted molar refractivity (Wildman–Crippen MR) is 74.1 cm³/mol. The van der Waals surface area contributed by atoms with Gasteiger partial charge in [0.1, 0.15) is 6.04 Å². The summed E-state index contributed by atoms with van der Waals surface area (Å²) in [4.78, 5) is 13.9. The summed E-state index contributed by atoms with van der Waals surface area (Å²) in [6.45, 7) is 1.80. The van der Waals surface area contributed by atoms with Crippen molar-refractivity contribution in [2.45, 2.75) is 69.5 Å². The molecule has 1 heterocycles. The van der Waals surface area contributed by atoms with Gasteiger partial charge in [-0.05, 0) is 51.0 Å². The molecule has 2 saturated carbocycles. The number of carbonyl (C=O) groups is 1. The lowest BCUT2D eigenvalue weighted by molar-refractivity contribution is -0.140. The van der Waals surface area contributed by atoms with Crippen molar-refractivity contribution in [2.24, 2.45) is 5.92 Å². The van der Waals surface area contributed by atoms with E-state index in [1.54, 1.807) is 0 Å². The van der Waals surface area contributed by atoms with E-state index in [0.717, 1.165) is 25.3 Å². The third-order valence-corrected chi connectivity index (χ3v) is 5.09. The van der Waals surface area contributed by atoms with Crippen LogP contribution in [0.25, 0.3) is 0 Å². The maximum atomic E-state index is 11.4. The van der Waals surface area contributed by atoms with Gasteiger partial charge in [0.25, 0.3) is 0 Å². The van der Waals surface area contributed by atoms with E-state index in [2.05, 4.69) is 10.2 Å². The first-order chi connectivity index (χ1) is 9.24. The van der Waals surface area contributed by atoms with E-state index < -0.39 is 5.97 Å². The summed E-state index contributed by atoms with van der Waals surface area (Å²) in [5, 5.41) is 12.7. The summed E-state index contributed by atoms with van der Waals surface area (Å²) in [6.07, 6.45) is 10.3. The van der Waals surface area contributed by atoms with Crippen molar-refractivity contribution in [3.05, 3.63) is 0 Å². The van der Waals surface area contributed by atoms with Gasteiger partial charge in [0.05, 0.1) is 0 Å². The Labute approximate surface area is 115 Å². The quantitative estimate of drug-likeness (QED) is 0.770. The minimum atomic E-state index is -0.677. The van der Waals surface area contributed by atoms with E-state index in [1.165, 1.54) is 38.5 Å². The lowest BCUT2D eigenvalue weighted by Gasteiger charge is -2.31. The van der Waals surface area contributed by atoms with E-state index in [1.807, 2.05) is 0 Å². The molecule has 2 unspecified atom stereocenters. The molecule has 0 bridgehead atoms. The molecule has 19 heavy (non-hydrogen) atoms. The Morgan fingerprint density at radius 1 is 1.16 bits per heavy atom. The first kappa shape index (κ1) is 13.4. The largest absolute Gasteiger partial charge is 0.480 e. The van der Waals surface area contributed by atoms with Crippen LogP contribution in [0.2, 0.25) is 0 Å². The maximum absolute atomic E-state index is 11.4. The molecule has 0 spiro atoms. The van der Waals surface area contributed by atoms with Crippen LogP contribution in [0.15, 0.2) is 0 Å². The third kappa shape index (κ3) is 3.29. The molecule has 4 heteroatoms. The number of rotatable bonds is 6. The summed E-state index contributed by atoms with van der Waals surface area (Å²) in [5.74, 6) is 0.154. The first-order valence-corrected chi connectivity index (χ1v) is 7.97. The molecule has 1 saturated heterocycles. The van der Waals surface area contributed by atoms with Crippen LogP contribution in [0.1, 0.15) is 51.4 Å². The van der Waals surface area contributed by atoms with Crippen molar-refractivity contribution in [1.29, 1.82) is 0 Å². The number of nitrogens with one attached hydrogen (secondary N) is 1. The van der Waals surface area contributed by atoms with Crippen molar-refractivity contribution in [1.82, 2.24) is 10.2 Å². The third-order valence-electron chi connectivity index (χ3n) is 5.09. The summed E-state index contributed by atoms with van der Waals surface area (Å²) < 4.78 is 0. The maximum Gasteiger partial charge on any atom is 0.322 e. The highest BCUT2D eigenvalue weighted by molar-refractivity contribution is 5.73. The highest BCUT2D eigenvalue weighted by Gasteiger charge is 2.36. The molecule has 0 amide bonds. The van der Waals surface area contributed by atoms with E-state index in [0.29, 0.717) is 18.6 Å². The molecule has 0 aromatic rings. The average Bonchev–Trinajstić information content (AvgIpc) is 2.89. The molecule has 0 aromatic heterocycles. The SMILES string of the molecule is O=C(O)C(CN1CCCC1C1CCCC1)NC1CC1. The van der Waals surface area contributed by atoms with Crippen molar-refractivity contribution >= 4 is 5.97 Å².